The van der Waals surface area contributed by atoms with Gasteiger partial charge in [-0.2, -0.15) is 8.42 Å². The molecular formula is C21H22N2O5S. The van der Waals surface area contributed by atoms with Crippen LogP contribution in [0.25, 0.3) is 10.9 Å². The predicted molar refractivity (Wildman–Crippen MR) is 112 cm³/mol. The molecule has 0 N–H and O–H groups in total. The number of carbonyl (C=O) groups is 1. The van der Waals surface area contributed by atoms with Crippen LogP contribution in [0.5, 0.6) is 0 Å². The van der Waals surface area contributed by atoms with Crippen LogP contribution >= 0.6 is 0 Å². The minimum Gasteiger partial charge on any atom is -0.465 e. The number of nitrogens with zero attached hydrogens (tertiary/aromatic N) is 2. The van der Waals surface area contributed by atoms with Gasteiger partial charge in [0, 0.05) is 19.5 Å². The summed E-state index contributed by atoms with van der Waals surface area (Å²) < 4.78 is 34.3. The van der Waals surface area contributed by atoms with Crippen LogP contribution in [-0.2, 0) is 19.0 Å². The van der Waals surface area contributed by atoms with Crippen LogP contribution in [0.3, 0.4) is 0 Å². The van der Waals surface area contributed by atoms with Crippen LogP contribution in [0.2, 0.25) is 0 Å². The summed E-state index contributed by atoms with van der Waals surface area (Å²) in [6, 6.07) is 15.8. The van der Waals surface area contributed by atoms with Crippen molar-refractivity contribution < 1.29 is 22.1 Å². The molecule has 0 aliphatic rings. The summed E-state index contributed by atoms with van der Waals surface area (Å²) in [4.78, 5) is 18.2. The number of esters is 1. The smallest absolute Gasteiger partial charge is 0.337 e. The minimum atomic E-state index is -3.78. The third kappa shape index (κ3) is 4.72. The fourth-order valence-corrected chi connectivity index (χ4v) is 3.57. The number of aromatic nitrogens is 1. The van der Waals surface area contributed by atoms with Gasteiger partial charge in [-0.1, -0.05) is 30.3 Å². The quantitative estimate of drug-likeness (QED) is 0.452. The lowest BCUT2D eigenvalue weighted by Crippen LogP contribution is -2.15. The molecule has 152 valence electrons. The van der Waals surface area contributed by atoms with Gasteiger partial charge in [0.1, 0.15) is 11.9 Å². The Morgan fingerprint density at radius 1 is 1.07 bits per heavy atom. The summed E-state index contributed by atoms with van der Waals surface area (Å²) >= 11 is 0. The number of benzene rings is 2. The lowest BCUT2D eigenvalue weighted by molar-refractivity contribution is 0.0600. The average molecular weight is 414 g/mol. The molecule has 7 nitrogen and oxygen atoms in total. The van der Waals surface area contributed by atoms with Gasteiger partial charge in [0.2, 0.25) is 0 Å². The van der Waals surface area contributed by atoms with Gasteiger partial charge in [-0.3, -0.25) is 4.18 Å². The maximum atomic E-state index is 12.0. The number of carbonyl (C=O) groups excluding carboxylic acids is 1. The molecule has 8 heteroatoms. The summed E-state index contributed by atoms with van der Waals surface area (Å²) in [7, 11) is 1.24. The lowest BCUT2D eigenvalue weighted by Gasteiger charge is -2.22. The molecule has 0 bridgehead atoms. The molecule has 0 amide bonds. The fourth-order valence-electron chi connectivity index (χ4n) is 3.01. The maximum absolute atomic E-state index is 12.0. The Labute approximate surface area is 170 Å². The first kappa shape index (κ1) is 20.8. The van der Waals surface area contributed by atoms with Crippen LogP contribution in [0.15, 0.2) is 54.6 Å². The van der Waals surface area contributed by atoms with Crippen molar-refractivity contribution in [2.24, 2.45) is 0 Å². The topological polar surface area (TPSA) is 85.8 Å². The van der Waals surface area contributed by atoms with Gasteiger partial charge in [-0.25, -0.2) is 9.78 Å². The Kier molecular flexibility index (Phi) is 5.86. The standard InChI is InChI=1S/C21H22N2O5S/c1-23(2)19-13-17(16-7-5-6-8-18(16)22-19)20(28-29(4,25)26)14-9-11-15(12-10-14)21(24)27-3/h5-13,20H,1-4H3. The van der Waals surface area contributed by atoms with Crippen molar-refractivity contribution in [3.05, 3.63) is 71.3 Å². The van der Waals surface area contributed by atoms with E-state index in [1.807, 2.05) is 49.3 Å². The minimum absolute atomic E-state index is 0.364. The summed E-state index contributed by atoms with van der Waals surface area (Å²) in [5, 5.41) is 0.781. The Bertz CT molecular complexity index is 1140. The second-order valence-electron chi connectivity index (χ2n) is 6.78. The number of rotatable bonds is 6. The van der Waals surface area contributed by atoms with Crippen molar-refractivity contribution in [2.75, 3.05) is 32.4 Å². The molecule has 0 spiro atoms. The highest BCUT2D eigenvalue weighted by atomic mass is 32.2. The average Bonchev–Trinajstić information content (AvgIpc) is 2.70. The SMILES string of the molecule is COC(=O)c1ccc(C(OS(C)(=O)=O)c2cc(N(C)C)nc3ccccc23)cc1. The first-order valence-corrected chi connectivity index (χ1v) is 10.6. The largest absolute Gasteiger partial charge is 0.465 e. The molecule has 29 heavy (non-hydrogen) atoms. The van der Waals surface area contributed by atoms with E-state index in [1.54, 1.807) is 24.3 Å². The van der Waals surface area contributed by atoms with Crippen LogP contribution in [0.1, 0.15) is 27.6 Å². The van der Waals surface area contributed by atoms with Gasteiger partial charge in [0.15, 0.2) is 0 Å². The summed E-state index contributed by atoms with van der Waals surface area (Å²) in [6.07, 6.45) is 0.113. The number of hydrogen-bond acceptors (Lipinski definition) is 7. The fraction of sp³-hybridized carbons (Fsp3) is 0.238. The van der Waals surface area contributed by atoms with E-state index >= 15 is 0 Å². The third-order valence-corrected chi connectivity index (χ3v) is 4.92. The van der Waals surface area contributed by atoms with E-state index in [4.69, 9.17) is 8.92 Å². The summed E-state index contributed by atoms with van der Waals surface area (Å²) in [5.41, 5.74) is 2.34. The van der Waals surface area contributed by atoms with E-state index in [2.05, 4.69) is 4.98 Å². The van der Waals surface area contributed by atoms with Gasteiger partial charge >= 0.3 is 5.97 Å². The highest BCUT2D eigenvalue weighted by molar-refractivity contribution is 7.86. The van der Waals surface area contributed by atoms with Crippen molar-refractivity contribution in [3.63, 3.8) is 0 Å². The van der Waals surface area contributed by atoms with Gasteiger partial charge in [0.05, 0.1) is 24.4 Å². The zero-order valence-electron chi connectivity index (χ0n) is 16.6. The summed E-state index contributed by atoms with van der Waals surface area (Å²) in [5.74, 6) is 0.202. The number of pyridine rings is 1. The molecular weight excluding hydrogens is 392 g/mol. The Morgan fingerprint density at radius 3 is 2.31 bits per heavy atom. The van der Waals surface area contributed by atoms with Gasteiger partial charge in [0.25, 0.3) is 10.1 Å². The van der Waals surface area contributed by atoms with E-state index < -0.39 is 22.2 Å². The van der Waals surface area contributed by atoms with Crippen molar-refractivity contribution in [3.8, 4) is 0 Å². The van der Waals surface area contributed by atoms with E-state index in [9.17, 15) is 13.2 Å². The molecule has 0 saturated carbocycles. The Balaban J connectivity index is 2.21. The maximum Gasteiger partial charge on any atom is 0.337 e. The van der Waals surface area contributed by atoms with Gasteiger partial charge in [-0.15, -0.1) is 0 Å². The van der Waals surface area contributed by atoms with Crippen molar-refractivity contribution in [2.45, 2.75) is 6.10 Å². The molecule has 0 aliphatic heterocycles. The Hall–Kier alpha value is -2.97. The molecule has 1 unspecified atom stereocenters. The molecule has 1 atom stereocenters. The third-order valence-electron chi connectivity index (χ3n) is 4.38. The number of anilines is 1. The monoisotopic (exact) mass is 414 g/mol. The highest BCUT2D eigenvalue weighted by Gasteiger charge is 2.24. The molecule has 0 saturated heterocycles. The molecule has 1 aromatic heterocycles. The molecule has 3 rings (SSSR count). The Morgan fingerprint density at radius 2 is 1.72 bits per heavy atom. The number of para-hydroxylation sites is 1. The van der Waals surface area contributed by atoms with Crippen molar-refractivity contribution >= 4 is 32.8 Å². The van der Waals surface area contributed by atoms with E-state index in [0.29, 0.717) is 22.5 Å². The number of methoxy groups -OCH3 is 1. The zero-order chi connectivity index (χ0) is 21.2. The molecule has 1 heterocycles. The van der Waals surface area contributed by atoms with Gasteiger partial charge in [-0.05, 0) is 35.4 Å². The molecule has 3 aromatic rings. The molecule has 0 fully saturated rings. The van der Waals surface area contributed by atoms with Crippen molar-refractivity contribution in [1.82, 2.24) is 4.98 Å². The van der Waals surface area contributed by atoms with Crippen LogP contribution < -0.4 is 4.90 Å². The van der Waals surface area contributed by atoms with Crippen LogP contribution in [0, 0.1) is 0 Å². The second-order valence-corrected chi connectivity index (χ2v) is 8.38. The van der Waals surface area contributed by atoms with Crippen molar-refractivity contribution in [1.29, 1.82) is 0 Å². The first-order valence-electron chi connectivity index (χ1n) is 8.83. The number of ether oxygens (including phenoxy) is 1. The zero-order valence-corrected chi connectivity index (χ0v) is 17.4. The summed E-state index contributed by atoms with van der Waals surface area (Å²) in [6.45, 7) is 0. The highest BCUT2D eigenvalue weighted by Crippen LogP contribution is 2.34. The van der Waals surface area contributed by atoms with Crippen LogP contribution in [0.4, 0.5) is 5.82 Å². The molecule has 0 radical (unpaired) electrons. The number of fused-ring (bicyclic) bond motifs is 1. The second kappa shape index (κ2) is 8.18. The predicted octanol–water partition coefficient (Wildman–Crippen LogP) is 3.15. The van der Waals surface area contributed by atoms with E-state index in [-0.39, 0.29) is 0 Å². The van der Waals surface area contributed by atoms with E-state index in [0.717, 1.165) is 17.2 Å². The van der Waals surface area contributed by atoms with Gasteiger partial charge < -0.3 is 9.64 Å². The molecule has 0 aliphatic carbocycles. The lowest BCUT2D eigenvalue weighted by atomic mass is 9.97. The van der Waals surface area contributed by atoms with E-state index in [1.165, 1.54) is 7.11 Å². The first-order chi connectivity index (χ1) is 13.7. The molecule has 2 aromatic carbocycles. The van der Waals surface area contributed by atoms with Crippen LogP contribution in [-0.4, -0.2) is 46.8 Å². The number of hydrogen-bond donors (Lipinski definition) is 0. The normalized spacial score (nSPS) is 12.6.